The fraction of sp³-hybridized carbons (Fsp3) is 0.423. The van der Waals surface area contributed by atoms with Crippen molar-refractivity contribution in [2.75, 3.05) is 38.0 Å². The van der Waals surface area contributed by atoms with Crippen molar-refractivity contribution in [2.45, 2.75) is 38.3 Å². The SMILES string of the molecule is COc1ccc(Cl)cc1CNC[C@H]1CC[C@@H](Nc2cc(N(C)C)c3ccccc3n2)CC1. The van der Waals surface area contributed by atoms with E-state index < -0.39 is 0 Å². The Bertz CT molecular complexity index is 1050. The predicted octanol–water partition coefficient (Wildman–Crippen LogP) is 5.72. The zero-order valence-corrected chi connectivity index (χ0v) is 20.0. The summed E-state index contributed by atoms with van der Waals surface area (Å²) >= 11 is 6.15. The average Bonchev–Trinajstić information content (AvgIpc) is 2.80. The van der Waals surface area contributed by atoms with Crippen LogP contribution in [0.4, 0.5) is 11.5 Å². The molecule has 0 atom stereocenters. The molecule has 0 unspecified atom stereocenters. The Labute approximate surface area is 196 Å². The molecule has 170 valence electrons. The number of ether oxygens (including phenoxy) is 1. The summed E-state index contributed by atoms with van der Waals surface area (Å²) in [6.07, 6.45) is 4.76. The van der Waals surface area contributed by atoms with Gasteiger partial charge in [-0.25, -0.2) is 4.98 Å². The highest BCUT2D eigenvalue weighted by molar-refractivity contribution is 6.30. The fourth-order valence-electron chi connectivity index (χ4n) is 4.62. The van der Waals surface area contributed by atoms with Gasteiger partial charge in [0.2, 0.25) is 0 Å². The van der Waals surface area contributed by atoms with Gasteiger partial charge in [-0.05, 0) is 62.4 Å². The number of halogens is 1. The molecule has 1 aromatic heterocycles. The summed E-state index contributed by atoms with van der Waals surface area (Å²) in [6.45, 7) is 1.79. The van der Waals surface area contributed by atoms with E-state index in [0.29, 0.717) is 12.0 Å². The van der Waals surface area contributed by atoms with Crippen LogP contribution in [0, 0.1) is 5.92 Å². The van der Waals surface area contributed by atoms with E-state index in [-0.39, 0.29) is 0 Å². The number of nitrogens with one attached hydrogen (secondary N) is 2. The number of aromatic nitrogens is 1. The van der Waals surface area contributed by atoms with Crippen molar-refractivity contribution in [3.05, 3.63) is 59.1 Å². The summed E-state index contributed by atoms with van der Waals surface area (Å²) < 4.78 is 5.45. The lowest BCUT2D eigenvalue weighted by atomic mass is 9.86. The van der Waals surface area contributed by atoms with E-state index >= 15 is 0 Å². The standard InChI is InChI=1S/C26H33ClN4O/c1-31(2)24-15-26(30-23-7-5-4-6-22(23)24)29-21-11-8-18(9-12-21)16-28-17-19-14-20(27)10-13-25(19)32-3/h4-7,10,13-15,18,21,28H,8-9,11-12,16-17H2,1-3H3,(H,29,30)/t18-,21+. The Morgan fingerprint density at radius 3 is 2.59 bits per heavy atom. The van der Waals surface area contributed by atoms with Crippen molar-refractivity contribution < 1.29 is 4.74 Å². The Morgan fingerprint density at radius 2 is 1.84 bits per heavy atom. The molecule has 2 N–H and O–H groups in total. The molecule has 0 spiro atoms. The van der Waals surface area contributed by atoms with Crippen molar-refractivity contribution in [1.82, 2.24) is 10.3 Å². The van der Waals surface area contributed by atoms with Crippen molar-refractivity contribution in [2.24, 2.45) is 5.92 Å². The summed E-state index contributed by atoms with van der Waals surface area (Å²) in [7, 11) is 5.87. The van der Waals surface area contributed by atoms with Gasteiger partial charge in [-0.2, -0.15) is 0 Å². The number of pyridine rings is 1. The number of hydrogen-bond donors (Lipinski definition) is 2. The van der Waals surface area contributed by atoms with E-state index in [0.717, 1.165) is 40.8 Å². The molecule has 0 bridgehead atoms. The molecule has 3 aromatic rings. The first kappa shape index (κ1) is 22.7. The number of anilines is 2. The van der Waals surface area contributed by atoms with Crippen LogP contribution < -0.4 is 20.3 Å². The van der Waals surface area contributed by atoms with Crippen LogP contribution in [0.25, 0.3) is 10.9 Å². The van der Waals surface area contributed by atoms with Gasteiger partial charge in [0, 0.05) is 54.4 Å². The number of nitrogens with zero attached hydrogens (tertiary/aromatic N) is 2. The second-order valence-electron chi connectivity index (χ2n) is 8.89. The van der Waals surface area contributed by atoms with Gasteiger partial charge in [0.1, 0.15) is 11.6 Å². The van der Waals surface area contributed by atoms with Crippen LogP contribution in [0.3, 0.4) is 0 Å². The molecule has 1 aliphatic carbocycles. The van der Waals surface area contributed by atoms with Crippen molar-refractivity contribution >= 4 is 34.0 Å². The number of hydrogen-bond acceptors (Lipinski definition) is 5. The molecule has 1 saturated carbocycles. The molecule has 1 heterocycles. The van der Waals surface area contributed by atoms with Crippen LogP contribution in [-0.4, -0.2) is 38.8 Å². The minimum atomic E-state index is 0.475. The third kappa shape index (κ3) is 5.45. The number of rotatable bonds is 8. The maximum absolute atomic E-state index is 6.15. The van der Waals surface area contributed by atoms with Crippen molar-refractivity contribution in [1.29, 1.82) is 0 Å². The summed E-state index contributed by atoms with van der Waals surface area (Å²) in [5, 5.41) is 9.24. The van der Waals surface area contributed by atoms with Crippen LogP contribution >= 0.6 is 11.6 Å². The lowest BCUT2D eigenvalue weighted by molar-refractivity contribution is 0.323. The van der Waals surface area contributed by atoms with Gasteiger partial charge >= 0.3 is 0 Å². The highest BCUT2D eigenvalue weighted by atomic mass is 35.5. The lowest BCUT2D eigenvalue weighted by Crippen LogP contribution is -2.31. The second kappa shape index (κ2) is 10.4. The molecule has 1 aliphatic rings. The van der Waals surface area contributed by atoms with Gasteiger partial charge in [-0.15, -0.1) is 0 Å². The van der Waals surface area contributed by atoms with Crippen molar-refractivity contribution in [3.8, 4) is 5.75 Å². The predicted molar refractivity (Wildman–Crippen MR) is 135 cm³/mol. The lowest BCUT2D eigenvalue weighted by Gasteiger charge is -2.30. The summed E-state index contributed by atoms with van der Waals surface area (Å²) in [5.74, 6) is 2.55. The molecule has 0 saturated heterocycles. The van der Waals surface area contributed by atoms with E-state index in [1.54, 1.807) is 7.11 Å². The summed E-state index contributed by atoms with van der Waals surface area (Å²) in [4.78, 5) is 7.02. The zero-order valence-electron chi connectivity index (χ0n) is 19.2. The molecule has 1 fully saturated rings. The Morgan fingerprint density at radius 1 is 1.06 bits per heavy atom. The zero-order chi connectivity index (χ0) is 22.5. The molecule has 0 amide bonds. The number of para-hydroxylation sites is 1. The first-order chi connectivity index (χ1) is 15.5. The minimum absolute atomic E-state index is 0.475. The maximum Gasteiger partial charge on any atom is 0.128 e. The molecule has 32 heavy (non-hydrogen) atoms. The van der Waals surface area contributed by atoms with Crippen LogP contribution in [0.5, 0.6) is 5.75 Å². The average molecular weight is 453 g/mol. The fourth-order valence-corrected chi connectivity index (χ4v) is 4.81. The normalized spacial score (nSPS) is 18.5. The van der Waals surface area contributed by atoms with E-state index in [1.807, 2.05) is 18.2 Å². The van der Waals surface area contributed by atoms with Gasteiger partial charge in [0.05, 0.1) is 12.6 Å². The van der Waals surface area contributed by atoms with E-state index in [2.05, 4.69) is 60.0 Å². The minimum Gasteiger partial charge on any atom is -0.496 e. The molecule has 0 aliphatic heterocycles. The highest BCUT2D eigenvalue weighted by Crippen LogP contribution is 2.30. The quantitative estimate of drug-likeness (QED) is 0.457. The number of fused-ring (bicyclic) bond motifs is 1. The summed E-state index contributed by atoms with van der Waals surface area (Å²) in [5.41, 5.74) is 3.34. The van der Waals surface area contributed by atoms with Crippen molar-refractivity contribution in [3.63, 3.8) is 0 Å². The van der Waals surface area contributed by atoms with Gasteiger partial charge in [0.15, 0.2) is 0 Å². The molecule has 0 radical (unpaired) electrons. The second-order valence-corrected chi connectivity index (χ2v) is 9.32. The molecule has 6 heteroatoms. The molecule has 5 nitrogen and oxygen atoms in total. The van der Waals surface area contributed by atoms with E-state index in [1.165, 1.54) is 36.8 Å². The monoisotopic (exact) mass is 452 g/mol. The highest BCUT2D eigenvalue weighted by Gasteiger charge is 2.22. The van der Waals surface area contributed by atoms with Gasteiger partial charge in [-0.3, -0.25) is 0 Å². The van der Waals surface area contributed by atoms with Crippen LogP contribution in [0.1, 0.15) is 31.2 Å². The van der Waals surface area contributed by atoms with Gasteiger partial charge < -0.3 is 20.3 Å². The van der Waals surface area contributed by atoms with Gasteiger partial charge in [-0.1, -0.05) is 29.8 Å². The molecule has 2 aromatic carbocycles. The van der Waals surface area contributed by atoms with Crippen LogP contribution in [0.15, 0.2) is 48.5 Å². The Hall–Kier alpha value is -2.50. The number of benzene rings is 2. The molecular formula is C26H33ClN4O. The first-order valence-corrected chi connectivity index (χ1v) is 11.8. The Balaban J connectivity index is 1.30. The molecular weight excluding hydrogens is 420 g/mol. The largest absolute Gasteiger partial charge is 0.496 e. The Kier molecular flexibility index (Phi) is 7.38. The first-order valence-electron chi connectivity index (χ1n) is 11.4. The maximum atomic E-state index is 6.15. The van der Waals surface area contributed by atoms with Gasteiger partial charge in [0.25, 0.3) is 0 Å². The topological polar surface area (TPSA) is 49.4 Å². The summed E-state index contributed by atoms with van der Waals surface area (Å²) in [6, 6.07) is 16.8. The third-order valence-corrected chi connectivity index (χ3v) is 6.60. The van der Waals surface area contributed by atoms with E-state index in [9.17, 15) is 0 Å². The van der Waals surface area contributed by atoms with E-state index in [4.69, 9.17) is 21.3 Å². The van der Waals surface area contributed by atoms with Crippen LogP contribution in [-0.2, 0) is 6.54 Å². The smallest absolute Gasteiger partial charge is 0.128 e. The number of methoxy groups -OCH3 is 1. The molecule has 4 rings (SSSR count). The third-order valence-electron chi connectivity index (χ3n) is 6.37. The van der Waals surface area contributed by atoms with Crippen LogP contribution in [0.2, 0.25) is 5.02 Å².